The molecule has 2 aliphatic rings. The molecule has 4 rings (SSSR count). The summed E-state index contributed by atoms with van der Waals surface area (Å²) in [7, 11) is -3.58. The predicted octanol–water partition coefficient (Wildman–Crippen LogP) is 2.21. The van der Waals surface area contributed by atoms with E-state index in [0.717, 1.165) is 19.0 Å². The topological polar surface area (TPSA) is 110 Å². The van der Waals surface area contributed by atoms with Crippen molar-refractivity contribution in [3.05, 3.63) is 41.2 Å². The lowest BCUT2D eigenvalue weighted by Gasteiger charge is -2.16. The third kappa shape index (κ3) is 5.09. The van der Waals surface area contributed by atoms with E-state index in [2.05, 4.69) is 15.5 Å². The Hall–Kier alpha value is -2.41. The van der Waals surface area contributed by atoms with Gasteiger partial charge >= 0.3 is 0 Å². The number of anilines is 1. The molecule has 0 saturated carbocycles. The number of thiazole rings is 1. The summed E-state index contributed by atoms with van der Waals surface area (Å²) in [5.41, 5.74) is 0.279. The summed E-state index contributed by atoms with van der Waals surface area (Å²) >= 11 is 0.682. The van der Waals surface area contributed by atoms with Gasteiger partial charge in [-0.3, -0.25) is 10.1 Å². The first-order chi connectivity index (χ1) is 14.9. The largest absolute Gasteiger partial charge is 0.389 e. The van der Waals surface area contributed by atoms with Gasteiger partial charge in [0.2, 0.25) is 10.0 Å². The van der Waals surface area contributed by atoms with Crippen molar-refractivity contribution >= 4 is 38.1 Å². The highest BCUT2D eigenvalue weighted by molar-refractivity contribution is 7.89. The standard InChI is InChI=1S/C19H21FN4O5S2/c20-16-11-21-19(30-16)22-18(25)17(23-29-14-7-10-28-12-14)13-3-5-15(6-4-13)31(26,27)24-8-1-2-9-24/h3-6,11,14H,1-2,7-10,12H2,(H,21,22,25)/b23-17+/t14-/m1/s1. The molecular weight excluding hydrogens is 447 g/mol. The second kappa shape index (κ2) is 9.39. The number of amides is 1. The normalized spacial score (nSPS) is 20.2. The van der Waals surface area contributed by atoms with Crippen molar-refractivity contribution in [3.8, 4) is 0 Å². The number of rotatable bonds is 7. The van der Waals surface area contributed by atoms with Crippen LogP contribution < -0.4 is 5.32 Å². The first-order valence-corrected chi connectivity index (χ1v) is 12.0. The Morgan fingerprint density at radius 1 is 1.29 bits per heavy atom. The monoisotopic (exact) mass is 468 g/mol. The molecule has 3 heterocycles. The molecule has 2 aliphatic heterocycles. The van der Waals surface area contributed by atoms with Crippen molar-refractivity contribution in [1.82, 2.24) is 9.29 Å². The minimum atomic E-state index is -3.58. The summed E-state index contributed by atoms with van der Waals surface area (Å²) in [6.45, 7) is 1.91. The molecular formula is C19H21FN4O5S2. The number of oxime groups is 1. The van der Waals surface area contributed by atoms with Crippen LogP contribution in [0.5, 0.6) is 0 Å². The summed E-state index contributed by atoms with van der Waals surface area (Å²) < 4.78 is 45.4. The predicted molar refractivity (Wildman–Crippen MR) is 112 cm³/mol. The Labute approximate surface area is 182 Å². The first kappa shape index (κ1) is 21.8. The molecule has 2 saturated heterocycles. The molecule has 1 aromatic carbocycles. The average Bonchev–Trinajstić information content (AvgIpc) is 3.52. The van der Waals surface area contributed by atoms with Crippen molar-refractivity contribution < 1.29 is 27.2 Å². The van der Waals surface area contributed by atoms with Crippen molar-refractivity contribution in [3.63, 3.8) is 0 Å². The van der Waals surface area contributed by atoms with E-state index >= 15 is 0 Å². The Morgan fingerprint density at radius 2 is 2.03 bits per heavy atom. The summed E-state index contributed by atoms with van der Waals surface area (Å²) in [6.07, 6.45) is 3.04. The van der Waals surface area contributed by atoms with Gasteiger partial charge in [-0.1, -0.05) is 28.6 Å². The fourth-order valence-electron chi connectivity index (χ4n) is 3.28. The molecule has 1 amide bonds. The number of sulfonamides is 1. The maximum absolute atomic E-state index is 13.2. The highest BCUT2D eigenvalue weighted by Gasteiger charge is 2.28. The third-order valence-corrected chi connectivity index (χ3v) is 7.54. The lowest BCUT2D eigenvalue weighted by atomic mass is 10.1. The lowest BCUT2D eigenvalue weighted by molar-refractivity contribution is -0.110. The number of hydrogen-bond donors (Lipinski definition) is 1. The van der Waals surface area contributed by atoms with Gasteiger partial charge in [-0.2, -0.15) is 8.70 Å². The average molecular weight is 469 g/mol. The molecule has 0 aliphatic carbocycles. The number of carbonyl (C=O) groups is 1. The summed E-state index contributed by atoms with van der Waals surface area (Å²) in [5.74, 6) is -0.650. The van der Waals surface area contributed by atoms with Crippen LogP contribution in [0.25, 0.3) is 0 Å². The molecule has 1 aromatic heterocycles. The van der Waals surface area contributed by atoms with Gasteiger partial charge in [-0.25, -0.2) is 13.4 Å². The summed E-state index contributed by atoms with van der Waals surface area (Å²) in [6, 6.07) is 5.87. The number of aromatic nitrogens is 1. The third-order valence-electron chi connectivity index (χ3n) is 4.92. The van der Waals surface area contributed by atoms with Gasteiger partial charge in [-0.05, 0) is 25.0 Å². The molecule has 0 spiro atoms. The highest BCUT2D eigenvalue weighted by Crippen LogP contribution is 2.22. The molecule has 0 bridgehead atoms. The van der Waals surface area contributed by atoms with Crippen LogP contribution in [-0.4, -0.2) is 61.7 Å². The molecule has 1 atom stereocenters. The Kier molecular flexibility index (Phi) is 6.60. The quantitative estimate of drug-likeness (QED) is 0.493. The fourth-order valence-corrected chi connectivity index (χ4v) is 5.34. The van der Waals surface area contributed by atoms with Crippen molar-refractivity contribution in [1.29, 1.82) is 0 Å². The van der Waals surface area contributed by atoms with Gasteiger partial charge in [0.25, 0.3) is 5.91 Å². The van der Waals surface area contributed by atoms with E-state index in [1.807, 2.05) is 0 Å². The van der Waals surface area contributed by atoms with E-state index in [-0.39, 0.29) is 21.8 Å². The van der Waals surface area contributed by atoms with Crippen LogP contribution in [0.1, 0.15) is 24.8 Å². The van der Waals surface area contributed by atoms with Gasteiger partial charge in [0.1, 0.15) is 0 Å². The Balaban J connectivity index is 1.57. The summed E-state index contributed by atoms with van der Waals surface area (Å²) in [4.78, 5) is 22.1. The van der Waals surface area contributed by atoms with E-state index in [1.165, 1.54) is 28.6 Å². The number of nitrogens with zero attached hydrogens (tertiary/aromatic N) is 3. The van der Waals surface area contributed by atoms with Crippen LogP contribution in [0.2, 0.25) is 0 Å². The van der Waals surface area contributed by atoms with Crippen molar-refractivity contribution in [2.45, 2.75) is 30.3 Å². The smallest absolute Gasteiger partial charge is 0.280 e. The molecule has 2 fully saturated rings. The van der Waals surface area contributed by atoms with Crippen LogP contribution in [0.4, 0.5) is 9.52 Å². The zero-order valence-electron chi connectivity index (χ0n) is 16.5. The van der Waals surface area contributed by atoms with Crippen LogP contribution in [-0.2, 0) is 24.4 Å². The maximum Gasteiger partial charge on any atom is 0.280 e. The fraction of sp³-hybridized carbons (Fsp3) is 0.421. The maximum atomic E-state index is 13.2. The number of halogens is 1. The zero-order chi connectivity index (χ0) is 21.8. The number of carbonyl (C=O) groups excluding carboxylic acids is 1. The van der Waals surface area contributed by atoms with E-state index in [4.69, 9.17) is 9.57 Å². The number of ether oxygens (including phenoxy) is 1. The molecule has 12 heteroatoms. The molecule has 0 unspecified atom stereocenters. The molecule has 1 N–H and O–H groups in total. The van der Waals surface area contributed by atoms with Crippen LogP contribution in [0, 0.1) is 5.13 Å². The van der Waals surface area contributed by atoms with E-state index < -0.39 is 21.1 Å². The van der Waals surface area contributed by atoms with Crippen LogP contribution in [0.15, 0.2) is 40.5 Å². The Bertz CT molecular complexity index is 1060. The van der Waals surface area contributed by atoms with E-state index in [9.17, 15) is 17.6 Å². The van der Waals surface area contributed by atoms with E-state index in [0.29, 0.717) is 49.6 Å². The number of benzene rings is 1. The second-order valence-corrected chi connectivity index (χ2v) is 10.0. The Morgan fingerprint density at radius 3 is 2.65 bits per heavy atom. The molecule has 9 nitrogen and oxygen atoms in total. The minimum Gasteiger partial charge on any atom is -0.389 e. The van der Waals surface area contributed by atoms with Gasteiger partial charge in [0, 0.05) is 25.1 Å². The van der Waals surface area contributed by atoms with Crippen LogP contribution in [0.3, 0.4) is 0 Å². The molecule has 0 radical (unpaired) electrons. The highest BCUT2D eigenvalue weighted by atomic mass is 32.2. The number of hydrogen-bond acceptors (Lipinski definition) is 8. The first-order valence-electron chi connectivity index (χ1n) is 9.78. The minimum absolute atomic E-state index is 0.0763. The van der Waals surface area contributed by atoms with Gasteiger partial charge in [0.15, 0.2) is 22.1 Å². The lowest BCUT2D eigenvalue weighted by Crippen LogP contribution is -2.28. The molecule has 31 heavy (non-hydrogen) atoms. The summed E-state index contributed by atoms with van der Waals surface area (Å²) in [5, 5.41) is 6.02. The van der Waals surface area contributed by atoms with Gasteiger partial charge < -0.3 is 9.57 Å². The van der Waals surface area contributed by atoms with Crippen molar-refractivity contribution in [2.24, 2.45) is 5.16 Å². The molecule has 166 valence electrons. The van der Waals surface area contributed by atoms with E-state index in [1.54, 1.807) is 0 Å². The zero-order valence-corrected chi connectivity index (χ0v) is 18.1. The van der Waals surface area contributed by atoms with Crippen LogP contribution >= 0.6 is 11.3 Å². The second-order valence-electron chi connectivity index (χ2n) is 7.09. The SMILES string of the molecule is O=C(Nc1ncc(F)s1)/C(=N/O[C@@H]1CCOC1)c1ccc(S(=O)(=O)N2CCCC2)cc1. The van der Waals surface area contributed by atoms with Gasteiger partial charge in [0.05, 0.1) is 24.3 Å². The molecule has 2 aromatic rings. The van der Waals surface area contributed by atoms with Gasteiger partial charge in [-0.15, -0.1) is 0 Å². The van der Waals surface area contributed by atoms with Crippen molar-refractivity contribution in [2.75, 3.05) is 31.6 Å². The number of nitrogens with one attached hydrogen (secondary N) is 1.